The van der Waals surface area contributed by atoms with Crippen LogP contribution in [0.15, 0.2) is 17.5 Å². The molecule has 0 radical (unpaired) electrons. The van der Waals surface area contributed by atoms with E-state index >= 15 is 0 Å². The van der Waals surface area contributed by atoms with Gasteiger partial charge in [-0.2, -0.15) is 0 Å². The van der Waals surface area contributed by atoms with Crippen LogP contribution < -0.4 is 5.32 Å². The number of aryl methyl sites for hydroxylation is 1. The Balaban J connectivity index is 2.03. The van der Waals surface area contributed by atoms with Gasteiger partial charge in [-0.15, -0.1) is 11.3 Å². The molecule has 0 saturated heterocycles. The molecule has 0 aliphatic heterocycles. The summed E-state index contributed by atoms with van der Waals surface area (Å²) in [5.74, 6) is 0. The van der Waals surface area contributed by atoms with Crippen molar-refractivity contribution in [1.82, 2.24) is 9.88 Å². The lowest BCUT2D eigenvalue weighted by Crippen LogP contribution is -2.31. The van der Waals surface area contributed by atoms with Crippen molar-refractivity contribution in [3.05, 3.63) is 43.8 Å². The molecule has 0 fully saturated rings. The highest BCUT2D eigenvalue weighted by Gasteiger charge is 2.12. The number of rotatable bonds is 3. The van der Waals surface area contributed by atoms with Crippen LogP contribution in [0.3, 0.4) is 0 Å². The Labute approximate surface area is 137 Å². The van der Waals surface area contributed by atoms with E-state index < -0.39 is 0 Å². The third kappa shape index (κ3) is 4.09. The molecule has 112 valence electrons. The molecule has 0 saturated carbocycles. The molecule has 1 aromatic heterocycles. The van der Waals surface area contributed by atoms with Crippen molar-refractivity contribution in [2.75, 3.05) is 12.4 Å². The van der Waals surface area contributed by atoms with E-state index in [2.05, 4.69) is 10.3 Å². The van der Waals surface area contributed by atoms with Gasteiger partial charge in [-0.1, -0.05) is 23.2 Å². The van der Waals surface area contributed by atoms with Gasteiger partial charge in [0.1, 0.15) is 0 Å². The molecule has 21 heavy (non-hydrogen) atoms. The van der Waals surface area contributed by atoms with Crippen molar-refractivity contribution in [2.45, 2.75) is 20.4 Å². The highest BCUT2D eigenvalue weighted by molar-refractivity contribution is 7.09. The molecular weight excluding hydrogens is 329 g/mol. The van der Waals surface area contributed by atoms with E-state index in [-0.39, 0.29) is 6.03 Å². The summed E-state index contributed by atoms with van der Waals surface area (Å²) >= 11 is 13.7. The predicted molar refractivity (Wildman–Crippen MR) is 88.5 cm³/mol. The maximum Gasteiger partial charge on any atom is 0.321 e. The maximum atomic E-state index is 12.1. The SMILES string of the molecule is Cc1nc(CN(C)C(=O)Nc2cc(Cl)c(C)c(Cl)c2)cs1. The van der Waals surface area contributed by atoms with E-state index in [9.17, 15) is 4.79 Å². The van der Waals surface area contributed by atoms with Gasteiger partial charge in [0, 0.05) is 28.2 Å². The lowest BCUT2D eigenvalue weighted by Gasteiger charge is -2.17. The Morgan fingerprint density at radius 2 is 1.95 bits per heavy atom. The molecule has 1 heterocycles. The number of hydrogen-bond acceptors (Lipinski definition) is 3. The molecular formula is C14H15Cl2N3OS. The van der Waals surface area contributed by atoms with Crippen LogP contribution in [0.5, 0.6) is 0 Å². The molecule has 1 N–H and O–H groups in total. The molecule has 0 unspecified atom stereocenters. The lowest BCUT2D eigenvalue weighted by atomic mass is 10.2. The third-order valence-corrected chi connectivity index (χ3v) is 4.55. The third-order valence-electron chi connectivity index (χ3n) is 2.94. The van der Waals surface area contributed by atoms with Gasteiger partial charge in [0.25, 0.3) is 0 Å². The number of carbonyl (C=O) groups excluding carboxylic acids is 1. The molecule has 2 rings (SSSR count). The molecule has 0 aliphatic carbocycles. The predicted octanol–water partition coefficient (Wildman–Crippen LogP) is 4.73. The first kappa shape index (κ1) is 16.1. The van der Waals surface area contributed by atoms with Crippen LogP contribution in [0.4, 0.5) is 10.5 Å². The van der Waals surface area contributed by atoms with E-state index in [1.807, 2.05) is 19.2 Å². The van der Waals surface area contributed by atoms with Crippen molar-refractivity contribution in [3.8, 4) is 0 Å². The number of nitrogens with one attached hydrogen (secondary N) is 1. The molecule has 4 nitrogen and oxygen atoms in total. The zero-order valence-corrected chi connectivity index (χ0v) is 14.2. The number of carbonyl (C=O) groups is 1. The summed E-state index contributed by atoms with van der Waals surface area (Å²) in [6, 6.07) is 3.12. The number of nitrogens with zero attached hydrogens (tertiary/aromatic N) is 2. The van der Waals surface area contributed by atoms with Gasteiger partial charge in [-0.05, 0) is 31.5 Å². The Kier molecular flexibility index (Phi) is 5.08. The minimum Gasteiger partial charge on any atom is -0.322 e. The summed E-state index contributed by atoms with van der Waals surface area (Å²) in [7, 11) is 1.71. The van der Waals surface area contributed by atoms with Crippen LogP contribution in [0.1, 0.15) is 16.3 Å². The first-order valence-electron chi connectivity index (χ1n) is 6.25. The Morgan fingerprint density at radius 1 is 1.33 bits per heavy atom. The van der Waals surface area contributed by atoms with Crippen molar-refractivity contribution in [1.29, 1.82) is 0 Å². The normalized spacial score (nSPS) is 10.5. The van der Waals surface area contributed by atoms with E-state index in [0.29, 0.717) is 22.3 Å². The van der Waals surface area contributed by atoms with Crippen LogP contribution in [0.25, 0.3) is 0 Å². The number of benzene rings is 1. The van der Waals surface area contributed by atoms with Crippen molar-refractivity contribution in [2.24, 2.45) is 0 Å². The second-order valence-electron chi connectivity index (χ2n) is 4.71. The Hall–Kier alpha value is -1.30. The number of hydrogen-bond donors (Lipinski definition) is 1. The van der Waals surface area contributed by atoms with Crippen LogP contribution >= 0.6 is 34.5 Å². The van der Waals surface area contributed by atoms with E-state index in [4.69, 9.17) is 23.2 Å². The fourth-order valence-corrected chi connectivity index (χ4v) is 2.82. The first-order valence-corrected chi connectivity index (χ1v) is 7.89. The quantitative estimate of drug-likeness (QED) is 0.875. The number of anilines is 1. The number of thiazole rings is 1. The molecule has 1 aromatic carbocycles. The standard InChI is InChI=1S/C14H15Cl2N3OS/c1-8-12(15)4-10(5-13(8)16)18-14(20)19(3)6-11-7-21-9(2)17-11/h4-5,7H,6H2,1-3H3,(H,18,20). The molecule has 0 aliphatic rings. The van der Waals surface area contributed by atoms with Crippen LogP contribution in [-0.4, -0.2) is 23.0 Å². The van der Waals surface area contributed by atoms with Gasteiger partial charge in [0.05, 0.1) is 17.2 Å². The van der Waals surface area contributed by atoms with Crippen LogP contribution in [0.2, 0.25) is 10.0 Å². The monoisotopic (exact) mass is 343 g/mol. The minimum absolute atomic E-state index is 0.239. The van der Waals surface area contributed by atoms with Gasteiger partial charge in [0.2, 0.25) is 0 Å². The summed E-state index contributed by atoms with van der Waals surface area (Å²) < 4.78 is 0. The summed E-state index contributed by atoms with van der Waals surface area (Å²) in [6.45, 7) is 4.21. The van der Waals surface area contributed by atoms with E-state index in [0.717, 1.165) is 16.3 Å². The minimum atomic E-state index is -0.239. The second kappa shape index (κ2) is 6.64. The largest absolute Gasteiger partial charge is 0.322 e. The zero-order chi connectivity index (χ0) is 15.6. The molecule has 2 amide bonds. The Bertz CT molecular complexity index is 649. The fraction of sp³-hybridized carbons (Fsp3) is 0.286. The summed E-state index contributed by atoms with van der Waals surface area (Å²) in [5.41, 5.74) is 2.24. The second-order valence-corrected chi connectivity index (χ2v) is 6.59. The van der Waals surface area contributed by atoms with Gasteiger partial charge in [0.15, 0.2) is 0 Å². The Morgan fingerprint density at radius 3 is 2.48 bits per heavy atom. The van der Waals surface area contributed by atoms with E-state index in [1.54, 1.807) is 35.4 Å². The van der Waals surface area contributed by atoms with Gasteiger partial charge in [-0.25, -0.2) is 9.78 Å². The highest BCUT2D eigenvalue weighted by atomic mass is 35.5. The number of urea groups is 1. The topological polar surface area (TPSA) is 45.2 Å². The van der Waals surface area contributed by atoms with Crippen molar-refractivity contribution >= 4 is 46.3 Å². The molecule has 2 aromatic rings. The number of aromatic nitrogens is 1. The zero-order valence-electron chi connectivity index (χ0n) is 11.9. The summed E-state index contributed by atoms with van der Waals surface area (Å²) in [6.07, 6.45) is 0. The molecule has 0 spiro atoms. The molecule has 7 heteroatoms. The van der Waals surface area contributed by atoms with Gasteiger partial charge in [-0.3, -0.25) is 0 Å². The van der Waals surface area contributed by atoms with Crippen LogP contribution in [0, 0.1) is 13.8 Å². The smallest absolute Gasteiger partial charge is 0.321 e. The summed E-state index contributed by atoms with van der Waals surface area (Å²) in [5, 5.41) is 6.74. The van der Waals surface area contributed by atoms with Crippen LogP contribution in [-0.2, 0) is 6.54 Å². The average Bonchev–Trinajstić information content (AvgIpc) is 2.81. The van der Waals surface area contributed by atoms with E-state index in [1.165, 1.54) is 0 Å². The van der Waals surface area contributed by atoms with Gasteiger partial charge < -0.3 is 10.2 Å². The molecule has 0 atom stereocenters. The maximum absolute atomic E-state index is 12.1. The fourth-order valence-electron chi connectivity index (χ4n) is 1.73. The summed E-state index contributed by atoms with van der Waals surface area (Å²) in [4.78, 5) is 18.0. The first-order chi connectivity index (χ1) is 9.86. The van der Waals surface area contributed by atoms with Crippen molar-refractivity contribution in [3.63, 3.8) is 0 Å². The highest BCUT2D eigenvalue weighted by Crippen LogP contribution is 2.28. The molecule has 0 bridgehead atoms. The number of halogens is 2. The number of amides is 2. The average molecular weight is 344 g/mol. The van der Waals surface area contributed by atoms with Crippen molar-refractivity contribution < 1.29 is 4.79 Å². The lowest BCUT2D eigenvalue weighted by molar-refractivity contribution is 0.220. The van der Waals surface area contributed by atoms with Gasteiger partial charge >= 0.3 is 6.03 Å².